The summed E-state index contributed by atoms with van der Waals surface area (Å²) in [6, 6.07) is 18.6. The van der Waals surface area contributed by atoms with Gasteiger partial charge < -0.3 is 14.7 Å². The summed E-state index contributed by atoms with van der Waals surface area (Å²) in [7, 11) is 0. The number of aromatic nitrogens is 1. The van der Waals surface area contributed by atoms with Crippen LogP contribution in [0.25, 0.3) is 22.3 Å². The molecule has 1 N–H and O–H groups in total. The van der Waals surface area contributed by atoms with E-state index in [1.807, 2.05) is 64.2 Å². The smallest absolute Gasteiger partial charge is 0.337 e. The Bertz CT molecular complexity index is 1220. The van der Waals surface area contributed by atoms with Gasteiger partial charge in [0, 0.05) is 36.1 Å². The number of aryl methyl sites for hydroxylation is 1. The molecule has 0 amide bonds. The average Bonchev–Trinajstić information content (AvgIpc) is 2.83. The van der Waals surface area contributed by atoms with Crippen LogP contribution in [0.5, 0.6) is 0 Å². The van der Waals surface area contributed by atoms with E-state index in [4.69, 9.17) is 9.72 Å². The molecule has 5 heteroatoms. The molecule has 4 rings (SSSR count). The number of benzene rings is 2. The molecule has 1 saturated heterocycles. The highest BCUT2D eigenvalue weighted by molar-refractivity contribution is 5.92. The summed E-state index contributed by atoms with van der Waals surface area (Å²) in [5, 5.41) is 10.3. The third-order valence-electron chi connectivity index (χ3n) is 6.98. The third kappa shape index (κ3) is 5.62. The van der Waals surface area contributed by atoms with Crippen LogP contribution < -0.4 is 4.90 Å². The number of aliphatic carboxylic acids is 1. The van der Waals surface area contributed by atoms with Crippen LogP contribution in [0.4, 0.5) is 5.69 Å². The van der Waals surface area contributed by atoms with E-state index >= 15 is 0 Å². The van der Waals surface area contributed by atoms with Gasteiger partial charge in [-0.15, -0.1) is 0 Å². The highest BCUT2D eigenvalue weighted by atomic mass is 16.5. The first-order chi connectivity index (χ1) is 17.0. The molecule has 1 aliphatic rings. The molecule has 190 valence electrons. The van der Waals surface area contributed by atoms with Crippen molar-refractivity contribution in [2.75, 3.05) is 18.0 Å². The maximum Gasteiger partial charge on any atom is 0.337 e. The Morgan fingerprint density at radius 1 is 0.972 bits per heavy atom. The van der Waals surface area contributed by atoms with E-state index in [9.17, 15) is 9.90 Å². The second-order valence-corrected chi connectivity index (χ2v) is 11.5. The molecular formula is C31H38N2O3. The number of carboxylic acid groups (broad SMARTS) is 1. The fourth-order valence-corrected chi connectivity index (χ4v) is 4.97. The minimum atomic E-state index is -1.12. The molecule has 0 aliphatic carbocycles. The SMILES string of the molecule is Cc1ncc(-c2ccccc2-c2ccccc2)c(N2CCC(C)(C)CC2)c1[C@H](OC(C)(C)C)C(=O)O. The van der Waals surface area contributed by atoms with Crippen LogP contribution in [0, 0.1) is 12.3 Å². The second-order valence-electron chi connectivity index (χ2n) is 11.5. The van der Waals surface area contributed by atoms with E-state index in [1.54, 1.807) is 0 Å². The lowest BCUT2D eigenvalue weighted by atomic mass is 9.81. The Morgan fingerprint density at radius 3 is 2.14 bits per heavy atom. The number of ether oxygens (including phenoxy) is 1. The van der Waals surface area contributed by atoms with Crippen LogP contribution in [0.15, 0.2) is 60.8 Å². The molecule has 1 atom stereocenters. The van der Waals surface area contributed by atoms with Gasteiger partial charge in [0.2, 0.25) is 0 Å². The van der Waals surface area contributed by atoms with Crippen molar-refractivity contribution >= 4 is 11.7 Å². The van der Waals surface area contributed by atoms with Gasteiger partial charge in [0.1, 0.15) is 0 Å². The maximum absolute atomic E-state index is 12.6. The van der Waals surface area contributed by atoms with Gasteiger partial charge in [0.25, 0.3) is 0 Å². The highest BCUT2D eigenvalue weighted by Gasteiger charge is 2.36. The van der Waals surface area contributed by atoms with E-state index in [1.165, 1.54) is 0 Å². The van der Waals surface area contributed by atoms with Gasteiger partial charge in [0.05, 0.1) is 11.3 Å². The number of piperidine rings is 1. The first-order valence-corrected chi connectivity index (χ1v) is 12.8. The fourth-order valence-electron chi connectivity index (χ4n) is 4.97. The monoisotopic (exact) mass is 486 g/mol. The van der Waals surface area contributed by atoms with Gasteiger partial charge in [-0.1, -0.05) is 68.4 Å². The molecule has 36 heavy (non-hydrogen) atoms. The van der Waals surface area contributed by atoms with Crippen LogP contribution in [-0.2, 0) is 9.53 Å². The van der Waals surface area contributed by atoms with Crippen molar-refractivity contribution in [3.05, 3.63) is 72.1 Å². The predicted octanol–water partition coefficient (Wildman–Crippen LogP) is 7.29. The molecule has 0 saturated carbocycles. The van der Waals surface area contributed by atoms with E-state index < -0.39 is 17.7 Å². The topological polar surface area (TPSA) is 62.7 Å². The van der Waals surface area contributed by atoms with E-state index in [2.05, 4.69) is 43.0 Å². The second kappa shape index (κ2) is 10.1. The first-order valence-electron chi connectivity index (χ1n) is 12.8. The lowest BCUT2D eigenvalue weighted by Crippen LogP contribution is -2.39. The zero-order valence-electron chi connectivity index (χ0n) is 22.3. The molecule has 2 heterocycles. The molecule has 1 aliphatic heterocycles. The van der Waals surface area contributed by atoms with Crippen molar-refractivity contribution in [2.24, 2.45) is 5.41 Å². The molecule has 2 aromatic carbocycles. The van der Waals surface area contributed by atoms with Gasteiger partial charge in [-0.2, -0.15) is 0 Å². The van der Waals surface area contributed by atoms with E-state index in [-0.39, 0.29) is 5.41 Å². The quantitative estimate of drug-likeness (QED) is 0.396. The third-order valence-corrected chi connectivity index (χ3v) is 6.98. The molecular weight excluding hydrogens is 448 g/mol. The van der Waals surface area contributed by atoms with Gasteiger partial charge in [-0.3, -0.25) is 4.98 Å². The molecule has 0 spiro atoms. The largest absolute Gasteiger partial charge is 0.479 e. The van der Waals surface area contributed by atoms with Crippen molar-refractivity contribution in [1.29, 1.82) is 0 Å². The lowest BCUT2D eigenvalue weighted by Gasteiger charge is -2.41. The van der Waals surface area contributed by atoms with Crippen molar-refractivity contribution in [1.82, 2.24) is 4.98 Å². The molecule has 0 bridgehead atoms. The van der Waals surface area contributed by atoms with Crippen LogP contribution in [0.1, 0.15) is 64.8 Å². The van der Waals surface area contributed by atoms with Crippen LogP contribution in [0.3, 0.4) is 0 Å². The Kier molecular flexibility index (Phi) is 7.24. The normalized spacial score (nSPS) is 16.6. The van der Waals surface area contributed by atoms with Crippen LogP contribution in [-0.4, -0.2) is 34.8 Å². The van der Waals surface area contributed by atoms with Crippen LogP contribution in [0.2, 0.25) is 0 Å². The minimum absolute atomic E-state index is 0.259. The summed E-state index contributed by atoms with van der Waals surface area (Å²) in [6.45, 7) is 13.9. The number of carboxylic acids is 1. The first kappa shape index (κ1) is 25.9. The Hall–Kier alpha value is -3.18. The van der Waals surface area contributed by atoms with Crippen molar-refractivity contribution < 1.29 is 14.6 Å². The number of carbonyl (C=O) groups is 1. The zero-order valence-corrected chi connectivity index (χ0v) is 22.3. The summed E-state index contributed by atoms with van der Waals surface area (Å²) in [6.07, 6.45) is 2.86. The van der Waals surface area contributed by atoms with E-state index in [0.29, 0.717) is 11.3 Å². The molecule has 0 radical (unpaired) electrons. The number of rotatable bonds is 6. The fraction of sp³-hybridized carbons (Fsp3) is 0.419. The van der Waals surface area contributed by atoms with E-state index in [0.717, 1.165) is 53.9 Å². The summed E-state index contributed by atoms with van der Waals surface area (Å²) >= 11 is 0. The Morgan fingerprint density at radius 2 is 1.56 bits per heavy atom. The minimum Gasteiger partial charge on any atom is -0.479 e. The van der Waals surface area contributed by atoms with Crippen molar-refractivity contribution in [3.63, 3.8) is 0 Å². The number of hydrogen-bond donors (Lipinski definition) is 1. The number of pyridine rings is 1. The number of nitrogens with zero attached hydrogens (tertiary/aromatic N) is 2. The standard InChI is InChI=1S/C31H38N2O3/c1-21-26(28(29(34)35)36-30(2,3)4)27(33-18-16-31(5,6)17-19-33)25(20-32-21)24-15-11-10-14-23(24)22-12-8-7-9-13-22/h7-15,20,28H,16-19H2,1-6H3,(H,34,35)/t28-/m0/s1. The molecule has 1 aromatic heterocycles. The summed E-state index contributed by atoms with van der Waals surface area (Å²) in [5.41, 5.74) is 6.08. The molecule has 5 nitrogen and oxygen atoms in total. The molecule has 1 fully saturated rings. The van der Waals surface area contributed by atoms with Gasteiger partial charge >= 0.3 is 5.97 Å². The van der Waals surface area contributed by atoms with Crippen molar-refractivity contribution in [3.8, 4) is 22.3 Å². The lowest BCUT2D eigenvalue weighted by molar-refractivity contribution is -0.160. The summed E-state index contributed by atoms with van der Waals surface area (Å²) < 4.78 is 6.18. The predicted molar refractivity (Wildman–Crippen MR) is 146 cm³/mol. The van der Waals surface area contributed by atoms with Crippen LogP contribution >= 0.6 is 0 Å². The van der Waals surface area contributed by atoms with Gasteiger partial charge in [-0.05, 0) is 62.6 Å². The Labute approximate surface area is 215 Å². The average molecular weight is 487 g/mol. The maximum atomic E-state index is 12.6. The van der Waals surface area contributed by atoms with Crippen molar-refractivity contribution in [2.45, 2.75) is 66.1 Å². The highest BCUT2D eigenvalue weighted by Crippen LogP contribution is 2.45. The zero-order chi connectivity index (χ0) is 26.1. The van der Waals surface area contributed by atoms with Gasteiger partial charge in [0.15, 0.2) is 6.10 Å². The summed E-state index contributed by atoms with van der Waals surface area (Å²) in [4.78, 5) is 19.7. The molecule has 0 unspecified atom stereocenters. The number of anilines is 1. The Balaban J connectivity index is 1.98. The van der Waals surface area contributed by atoms with Gasteiger partial charge in [-0.25, -0.2) is 4.79 Å². The molecule has 3 aromatic rings. The summed E-state index contributed by atoms with van der Waals surface area (Å²) in [5.74, 6) is -0.998. The number of hydrogen-bond acceptors (Lipinski definition) is 4.